The van der Waals surface area contributed by atoms with Crippen LogP contribution in [0.3, 0.4) is 0 Å². The van der Waals surface area contributed by atoms with Crippen LogP contribution >= 0.6 is 0 Å². The van der Waals surface area contributed by atoms with Gasteiger partial charge in [0.2, 0.25) is 0 Å². The summed E-state index contributed by atoms with van der Waals surface area (Å²) in [5, 5.41) is 3.80. The minimum Gasteiger partial charge on any atom is -0.418 e. The van der Waals surface area contributed by atoms with Gasteiger partial charge in [0, 0.05) is 32.6 Å². The van der Waals surface area contributed by atoms with E-state index < -0.39 is 23.4 Å². The van der Waals surface area contributed by atoms with E-state index in [4.69, 9.17) is 9.47 Å². The van der Waals surface area contributed by atoms with E-state index in [2.05, 4.69) is 29.3 Å². The van der Waals surface area contributed by atoms with Crippen LogP contribution in [0.2, 0.25) is 0 Å². The monoisotopic (exact) mass is 319 g/mol. The Morgan fingerprint density at radius 1 is 1.04 bits per heavy atom. The Morgan fingerprint density at radius 3 is 2.04 bits per heavy atom. The molecular formula is C16H21N3O4. The number of hydrogen-bond acceptors (Lipinski definition) is 7. The molecule has 0 radical (unpaired) electrons. The zero-order valence-electron chi connectivity index (χ0n) is 13.8. The van der Waals surface area contributed by atoms with Crippen LogP contribution in [-0.2, 0) is 19.1 Å². The molecule has 1 fully saturated rings. The number of benzene rings is 1. The smallest absolute Gasteiger partial charge is 0.369 e. The summed E-state index contributed by atoms with van der Waals surface area (Å²) in [6.07, 6.45) is 0. The quantitative estimate of drug-likeness (QED) is 0.661. The molecule has 1 N–H and O–H groups in total. The average molecular weight is 319 g/mol. The van der Waals surface area contributed by atoms with Crippen molar-refractivity contribution < 1.29 is 19.1 Å². The molecule has 1 aromatic carbocycles. The number of hydrogen-bond donors (Lipinski definition) is 1. The van der Waals surface area contributed by atoms with Crippen molar-refractivity contribution >= 4 is 29.0 Å². The van der Waals surface area contributed by atoms with Crippen molar-refractivity contribution in [3.63, 3.8) is 0 Å². The lowest BCUT2D eigenvalue weighted by Crippen LogP contribution is -2.47. The average Bonchev–Trinajstić information content (AvgIpc) is 2.48. The number of cyclic esters (lactones) is 2. The molecule has 23 heavy (non-hydrogen) atoms. The second-order valence-electron chi connectivity index (χ2n) is 5.47. The first-order valence-electron chi connectivity index (χ1n) is 7.51. The van der Waals surface area contributed by atoms with Gasteiger partial charge >= 0.3 is 11.9 Å². The largest absolute Gasteiger partial charge is 0.418 e. The Balaban J connectivity index is 2.08. The Labute approximate surface area is 135 Å². The second kappa shape index (κ2) is 6.68. The predicted octanol–water partition coefficient (Wildman–Crippen LogP) is 2.14. The van der Waals surface area contributed by atoms with Crippen LogP contribution in [0.5, 0.6) is 0 Å². The molecule has 0 atom stereocenters. The van der Waals surface area contributed by atoms with Crippen molar-refractivity contribution in [2.75, 3.05) is 23.4 Å². The standard InChI is InChI=1S/C16H21N3O4/c1-5-19(6-2)12-9-7-11(8-10-12)17-18-13-14(20)22-16(3,4)23-15(13)21/h7-10,17H,5-6H2,1-4H3. The zero-order chi connectivity index (χ0) is 17.0. The minimum atomic E-state index is -1.27. The number of hydrazone groups is 1. The molecule has 0 spiro atoms. The molecule has 0 amide bonds. The number of anilines is 2. The SMILES string of the molecule is CCN(CC)c1ccc(NN=C2C(=O)OC(C)(C)OC2=O)cc1. The van der Waals surface area contributed by atoms with Gasteiger partial charge in [-0.1, -0.05) is 0 Å². The van der Waals surface area contributed by atoms with E-state index in [1.54, 1.807) is 0 Å². The van der Waals surface area contributed by atoms with Gasteiger partial charge in [-0.15, -0.1) is 0 Å². The third-order valence-electron chi connectivity index (χ3n) is 3.36. The van der Waals surface area contributed by atoms with Gasteiger partial charge in [-0.05, 0) is 38.1 Å². The maximum absolute atomic E-state index is 11.8. The number of ether oxygens (including phenoxy) is 2. The molecule has 124 valence electrons. The second-order valence-corrected chi connectivity index (χ2v) is 5.47. The molecule has 0 saturated carbocycles. The van der Waals surface area contributed by atoms with Gasteiger partial charge in [-0.25, -0.2) is 9.59 Å². The molecule has 1 aliphatic rings. The molecule has 0 bridgehead atoms. The predicted molar refractivity (Wildman–Crippen MR) is 87.3 cm³/mol. The van der Waals surface area contributed by atoms with Crippen LogP contribution < -0.4 is 10.3 Å². The van der Waals surface area contributed by atoms with E-state index in [0.29, 0.717) is 5.69 Å². The molecule has 1 aromatic rings. The molecule has 0 aliphatic carbocycles. The minimum absolute atomic E-state index is 0.405. The molecule has 7 heteroatoms. The van der Waals surface area contributed by atoms with Gasteiger partial charge in [0.05, 0.1) is 5.69 Å². The fraction of sp³-hybridized carbons (Fsp3) is 0.438. The highest BCUT2D eigenvalue weighted by atomic mass is 16.7. The molecule has 1 heterocycles. The Morgan fingerprint density at radius 2 is 1.57 bits per heavy atom. The van der Waals surface area contributed by atoms with Gasteiger partial charge in [0.25, 0.3) is 11.5 Å². The highest BCUT2D eigenvalue weighted by molar-refractivity contribution is 6.63. The molecule has 0 aromatic heterocycles. The third kappa shape index (κ3) is 4.00. The van der Waals surface area contributed by atoms with Crippen molar-refractivity contribution in [1.29, 1.82) is 0 Å². The summed E-state index contributed by atoms with van der Waals surface area (Å²) in [5.74, 6) is -2.88. The first-order valence-corrected chi connectivity index (χ1v) is 7.51. The van der Waals surface area contributed by atoms with E-state index in [0.717, 1.165) is 18.8 Å². The van der Waals surface area contributed by atoms with Crippen LogP contribution in [0.4, 0.5) is 11.4 Å². The molecule has 0 unspecified atom stereocenters. The lowest BCUT2D eigenvalue weighted by atomic mass is 10.2. The summed E-state index contributed by atoms with van der Waals surface area (Å²) in [4.78, 5) is 25.7. The van der Waals surface area contributed by atoms with Crippen LogP contribution in [0.25, 0.3) is 0 Å². The highest BCUT2D eigenvalue weighted by Crippen LogP contribution is 2.20. The van der Waals surface area contributed by atoms with Crippen LogP contribution in [-0.4, -0.2) is 36.5 Å². The summed E-state index contributed by atoms with van der Waals surface area (Å²) < 4.78 is 9.93. The fourth-order valence-electron chi connectivity index (χ4n) is 2.19. The molecule has 7 nitrogen and oxygen atoms in total. The lowest BCUT2D eigenvalue weighted by molar-refractivity contribution is -0.214. The number of nitrogens with one attached hydrogen (secondary N) is 1. The lowest BCUT2D eigenvalue weighted by Gasteiger charge is -2.28. The maximum atomic E-state index is 11.8. The maximum Gasteiger partial charge on any atom is 0.369 e. The van der Waals surface area contributed by atoms with Gasteiger partial charge < -0.3 is 14.4 Å². The van der Waals surface area contributed by atoms with Crippen molar-refractivity contribution in [2.45, 2.75) is 33.5 Å². The van der Waals surface area contributed by atoms with Crippen LogP contribution in [0, 0.1) is 0 Å². The van der Waals surface area contributed by atoms with Gasteiger partial charge in [-0.2, -0.15) is 5.10 Å². The summed E-state index contributed by atoms with van der Waals surface area (Å²) in [7, 11) is 0. The first-order chi connectivity index (χ1) is 10.9. The summed E-state index contributed by atoms with van der Waals surface area (Å²) >= 11 is 0. The number of esters is 2. The molecular weight excluding hydrogens is 298 g/mol. The Bertz CT molecular complexity index is 597. The van der Waals surface area contributed by atoms with E-state index >= 15 is 0 Å². The fourth-order valence-corrected chi connectivity index (χ4v) is 2.19. The zero-order valence-corrected chi connectivity index (χ0v) is 13.8. The van der Waals surface area contributed by atoms with E-state index in [1.165, 1.54) is 13.8 Å². The number of rotatable bonds is 5. The normalized spacial score (nSPS) is 16.4. The van der Waals surface area contributed by atoms with Crippen molar-refractivity contribution in [3.8, 4) is 0 Å². The summed E-state index contributed by atoms with van der Waals surface area (Å²) in [6, 6.07) is 7.52. The number of carbonyl (C=O) groups excluding carboxylic acids is 2. The van der Waals surface area contributed by atoms with Crippen LogP contribution in [0.1, 0.15) is 27.7 Å². The summed E-state index contributed by atoms with van der Waals surface area (Å²) in [6.45, 7) is 8.98. The molecule has 2 rings (SSSR count). The Hall–Kier alpha value is -2.57. The summed E-state index contributed by atoms with van der Waals surface area (Å²) in [5.41, 5.74) is 4.01. The molecule has 1 aliphatic heterocycles. The van der Waals surface area contributed by atoms with Crippen molar-refractivity contribution in [1.82, 2.24) is 0 Å². The third-order valence-corrected chi connectivity index (χ3v) is 3.36. The Kier molecular flexibility index (Phi) is 4.88. The van der Waals surface area contributed by atoms with Gasteiger partial charge in [0.1, 0.15) is 0 Å². The van der Waals surface area contributed by atoms with E-state index in [1.807, 2.05) is 24.3 Å². The van der Waals surface area contributed by atoms with Crippen LogP contribution in [0.15, 0.2) is 29.4 Å². The molecule has 1 saturated heterocycles. The van der Waals surface area contributed by atoms with E-state index in [-0.39, 0.29) is 0 Å². The highest BCUT2D eigenvalue weighted by Gasteiger charge is 2.40. The number of carbonyl (C=O) groups is 2. The number of nitrogens with zero attached hydrogens (tertiary/aromatic N) is 2. The van der Waals surface area contributed by atoms with Gasteiger partial charge in [-0.3, -0.25) is 5.43 Å². The topological polar surface area (TPSA) is 80.2 Å². The van der Waals surface area contributed by atoms with Gasteiger partial charge in [0.15, 0.2) is 0 Å². The first kappa shape index (κ1) is 16.8. The van der Waals surface area contributed by atoms with Crippen molar-refractivity contribution in [2.24, 2.45) is 5.10 Å². The van der Waals surface area contributed by atoms with E-state index in [9.17, 15) is 9.59 Å². The van der Waals surface area contributed by atoms with Crippen molar-refractivity contribution in [3.05, 3.63) is 24.3 Å².